The Kier molecular flexibility index (Phi) is 11.1. The molecule has 2 bridgehead atoms. The van der Waals surface area contributed by atoms with Crippen molar-refractivity contribution in [1.82, 2.24) is 9.62 Å². The summed E-state index contributed by atoms with van der Waals surface area (Å²) in [6, 6.07) is 11.0. The smallest absolute Gasteiger partial charge is 0.264 e. The minimum Gasteiger partial charge on any atom is -0.487 e. The highest BCUT2D eigenvalue weighted by molar-refractivity contribution is 7.90. The minimum atomic E-state index is -4.00. The molecule has 12 heteroatoms. The van der Waals surface area contributed by atoms with Crippen LogP contribution in [0.15, 0.2) is 36.4 Å². The topological polar surface area (TPSA) is 125 Å². The molecule has 5 atom stereocenters. The number of hydrogen-bond donors (Lipinski definition) is 2. The van der Waals surface area contributed by atoms with Gasteiger partial charge in [0.2, 0.25) is 15.9 Å². The fourth-order valence-electron chi connectivity index (χ4n) is 8.00. The second-order valence-electron chi connectivity index (χ2n) is 14.6. The highest BCUT2D eigenvalue weighted by atomic mass is 35.5. The zero-order valence-electron chi connectivity index (χ0n) is 28.7. The number of carbonyl (C=O) groups is 2. The van der Waals surface area contributed by atoms with Crippen molar-refractivity contribution < 1.29 is 32.6 Å². The van der Waals surface area contributed by atoms with Gasteiger partial charge in [-0.3, -0.25) is 9.59 Å². The van der Waals surface area contributed by atoms with E-state index in [4.69, 9.17) is 21.1 Å². The average Bonchev–Trinajstić information content (AvgIpc) is 3.09. The van der Waals surface area contributed by atoms with Crippen LogP contribution in [0.3, 0.4) is 0 Å². The van der Waals surface area contributed by atoms with Crippen LogP contribution in [0.25, 0.3) is 0 Å². The fourth-order valence-corrected chi connectivity index (χ4v) is 9.51. The minimum absolute atomic E-state index is 0.0388. The van der Waals surface area contributed by atoms with E-state index >= 15 is 0 Å². The third-order valence-corrected chi connectivity index (χ3v) is 13.6. The molecule has 49 heavy (non-hydrogen) atoms. The second kappa shape index (κ2) is 15.2. The van der Waals surface area contributed by atoms with Gasteiger partial charge in [-0.15, -0.1) is 0 Å². The Hall–Kier alpha value is -2.86. The molecular formula is C37H50ClN3O7S. The van der Waals surface area contributed by atoms with Crippen LogP contribution < -0.4 is 14.4 Å². The predicted molar refractivity (Wildman–Crippen MR) is 189 cm³/mol. The lowest BCUT2D eigenvalue weighted by atomic mass is 9.62. The molecule has 2 amide bonds. The van der Waals surface area contributed by atoms with Gasteiger partial charge in [0.1, 0.15) is 12.4 Å². The molecule has 2 fully saturated rings. The normalized spacial score (nSPS) is 29.6. The number of rotatable bonds is 2. The van der Waals surface area contributed by atoms with Crippen molar-refractivity contribution in [3.63, 3.8) is 0 Å². The first kappa shape index (κ1) is 35.9. The van der Waals surface area contributed by atoms with Gasteiger partial charge in [0, 0.05) is 36.8 Å². The third-order valence-electron chi connectivity index (χ3n) is 11.4. The molecule has 1 saturated carbocycles. The van der Waals surface area contributed by atoms with E-state index in [2.05, 4.69) is 9.62 Å². The van der Waals surface area contributed by atoms with Crippen molar-refractivity contribution in [2.24, 2.45) is 17.8 Å². The molecule has 3 heterocycles. The molecular weight excluding hydrogens is 666 g/mol. The van der Waals surface area contributed by atoms with E-state index in [0.29, 0.717) is 76.0 Å². The highest BCUT2D eigenvalue weighted by Crippen LogP contribution is 2.47. The largest absolute Gasteiger partial charge is 0.487 e. The molecule has 268 valence electrons. The summed E-state index contributed by atoms with van der Waals surface area (Å²) in [4.78, 5) is 31.1. The van der Waals surface area contributed by atoms with Crippen LogP contribution in [0.1, 0.15) is 86.7 Å². The van der Waals surface area contributed by atoms with E-state index in [1.54, 1.807) is 30.0 Å². The van der Waals surface area contributed by atoms with Crippen LogP contribution in [0.4, 0.5) is 5.69 Å². The number of nitrogens with one attached hydrogen (secondary N) is 1. The molecule has 4 aliphatic rings. The van der Waals surface area contributed by atoms with Gasteiger partial charge in [-0.2, -0.15) is 0 Å². The molecule has 3 aliphatic heterocycles. The number of sulfonamides is 1. The van der Waals surface area contributed by atoms with Gasteiger partial charge in [0.15, 0.2) is 0 Å². The number of ether oxygens (including phenoxy) is 2. The van der Waals surface area contributed by atoms with Gasteiger partial charge in [0.05, 0.1) is 36.2 Å². The summed E-state index contributed by atoms with van der Waals surface area (Å²) in [5.74, 6) is -0.375. The maximum atomic E-state index is 13.6. The standard InChI is InChI=1S/C37H50ClN3O7S/c1-25-6-5-14-37(44,22-35(42)40-16-18-47-19-17-40)32-12-9-29(32)23-41-15-4-3-7-27-20-31(38)11-8-30(27)24-48-34-13-10-28(21-33(34)41)36(43)39-49(45,46)26(25)2/h8,10-11,13,20-21,25-26,29,32,44H,3-7,9,12,14-19,22-24H2,1-2H3,(H,39,43)/t25-,26+,29-,32+,37+/m0/s1. The molecule has 0 radical (unpaired) electrons. The number of fused-ring (bicyclic) bond motifs is 3. The van der Waals surface area contributed by atoms with Crippen LogP contribution in [-0.4, -0.2) is 80.5 Å². The number of aryl methyl sites for hydroxylation is 1. The number of hydrogen-bond acceptors (Lipinski definition) is 8. The van der Waals surface area contributed by atoms with Gasteiger partial charge in [-0.1, -0.05) is 31.0 Å². The number of nitrogens with zero attached hydrogens (tertiary/aromatic N) is 2. The first-order chi connectivity index (χ1) is 23.4. The van der Waals surface area contributed by atoms with Crippen LogP contribution in [-0.2, 0) is 32.6 Å². The molecule has 2 aromatic rings. The molecule has 0 spiro atoms. The lowest BCUT2D eigenvalue weighted by molar-refractivity contribution is -0.149. The van der Waals surface area contributed by atoms with Crippen LogP contribution in [0.5, 0.6) is 5.75 Å². The maximum Gasteiger partial charge on any atom is 0.264 e. The maximum absolute atomic E-state index is 13.6. The summed E-state index contributed by atoms with van der Waals surface area (Å²) in [7, 11) is -4.00. The van der Waals surface area contributed by atoms with Gasteiger partial charge >= 0.3 is 0 Å². The summed E-state index contributed by atoms with van der Waals surface area (Å²) >= 11 is 6.35. The number of halogens is 1. The van der Waals surface area contributed by atoms with Gasteiger partial charge in [0.25, 0.3) is 5.91 Å². The monoisotopic (exact) mass is 715 g/mol. The molecule has 0 unspecified atom stereocenters. The molecule has 6 rings (SSSR count). The lowest BCUT2D eigenvalue weighted by Crippen LogP contribution is -2.54. The molecule has 2 N–H and O–H groups in total. The first-order valence-corrected chi connectivity index (χ1v) is 19.8. The van der Waals surface area contributed by atoms with E-state index in [0.717, 1.165) is 48.9 Å². The van der Waals surface area contributed by atoms with Crippen molar-refractivity contribution in [3.05, 3.63) is 58.1 Å². The lowest BCUT2D eigenvalue weighted by Gasteiger charge is -2.49. The number of anilines is 1. The highest BCUT2D eigenvalue weighted by Gasteiger charge is 2.48. The Labute approximate surface area is 295 Å². The van der Waals surface area contributed by atoms with Crippen LogP contribution in [0, 0.1) is 17.8 Å². The fraction of sp³-hybridized carbons (Fsp3) is 0.622. The van der Waals surface area contributed by atoms with E-state index < -0.39 is 26.8 Å². The zero-order valence-corrected chi connectivity index (χ0v) is 30.2. The van der Waals surface area contributed by atoms with Crippen molar-refractivity contribution >= 4 is 39.1 Å². The quantitative estimate of drug-likeness (QED) is 0.428. The van der Waals surface area contributed by atoms with Gasteiger partial charge in [-0.25, -0.2) is 13.1 Å². The van der Waals surface area contributed by atoms with E-state index in [1.165, 1.54) is 0 Å². The summed E-state index contributed by atoms with van der Waals surface area (Å²) < 4.78 is 41.1. The van der Waals surface area contributed by atoms with E-state index in [1.807, 2.05) is 25.1 Å². The van der Waals surface area contributed by atoms with Gasteiger partial charge in [-0.05, 0) is 111 Å². The summed E-state index contributed by atoms with van der Waals surface area (Å²) in [6.07, 6.45) is 5.90. The average molecular weight is 716 g/mol. The van der Waals surface area contributed by atoms with Gasteiger partial charge < -0.3 is 24.4 Å². The Morgan fingerprint density at radius 1 is 1.02 bits per heavy atom. The molecule has 2 aromatic carbocycles. The van der Waals surface area contributed by atoms with Crippen molar-refractivity contribution in [2.45, 2.75) is 89.1 Å². The van der Waals surface area contributed by atoms with Crippen molar-refractivity contribution in [1.29, 1.82) is 0 Å². The van der Waals surface area contributed by atoms with Crippen LogP contribution in [0.2, 0.25) is 5.02 Å². The number of morpholine rings is 1. The van der Waals surface area contributed by atoms with Crippen molar-refractivity contribution in [3.8, 4) is 5.75 Å². The Morgan fingerprint density at radius 2 is 1.82 bits per heavy atom. The number of benzene rings is 2. The predicted octanol–water partition coefficient (Wildman–Crippen LogP) is 5.34. The van der Waals surface area contributed by atoms with E-state index in [9.17, 15) is 23.1 Å². The molecule has 10 nitrogen and oxygen atoms in total. The zero-order chi connectivity index (χ0) is 34.8. The van der Waals surface area contributed by atoms with E-state index in [-0.39, 0.29) is 35.6 Å². The second-order valence-corrected chi connectivity index (χ2v) is 17.0. The number of carbonyl (C=O) groups excluding carboxylic acids is 2. The molecule has 1 aliphatic carbocycles. The summed E-state index contributed by atoms with van der Waals surface area (Å²) in [5.41, 5.74) is 1.93. The summed E-state index contributed by atoms with van der Waals surface area (Å²) in [6.45, 7) is 7.12. The molecule has 0 aromatic heterocycles. The van der Waals surface area contributed by atoms with Crippen LogP contribution >= 0.6 is 11.6 Å². The Morgan fingerprint density at radius 3 is 2.57 bits per heavy atom. The summed E-state index contributed by atoms with van der Waals surface area (Å²) in [5, 5.41) is 12.3. The SMILES string of the molecule is C[C@@H]1[C@@H](C)CCC[C@@](O)(CC(=O)N2CCOCC2)[C@@H]2CC[C@H]2CN2CCCCc3cc(Cl)ccc3COc3ccc(cc32)C(=O)NS1(=O)=O. The Balaban J connectivity index is 1.36. The Bertz CT molecular complexity index is 1630. The third kappa shape index (κ3) is 8.21. The van der Waals surface area contributed by atoms with Crippen molar-refractivity contribution in [2.75, 3.05) is 44.3 Å². The molecule has 1 saturated heterocycles. The first-order valence-electron chi connectivity index (χ1n) is 17.9. The number of amides is 2. The number of aliphatic hydroxyl groups is 1.